The number of carbonyl (C=O) groups excluding carboxylic acids is 1. The minimum absolute atomic E-state index is 0.150. The molecule has 2 aromatic carbocycles. The summed E-state index contributed by atoms with van der Waals surface area (Å²) in [5.74, 6) is 0.169. The highest BCUT2D eigenvalue weighted by Crippen LogP contribution is 2.36. The second kappa shape index (κ2) is 5.78. The number of fused-ring (bicyclic) bond motifs is 3. The molecular weight excluding hydrogens is 291 g/mol. The van der Waals surface area contributed by atoms with Gasteiger partial charge >= 0.3 is 0 Å². The SMILES string of the molecule is O=C1NC[C@H]2CN(Cc3ccccc3)CC2c2ccc(F)cc21. The van der Waals surface area contributed by atoms with Crippen LogP contribution in [-0.4, -0.2) is 30.4 Å². The van der Waals surface area contributed by atoms with Crippen LogP contribution in [0.25, 0.3) is 0 Å². The first kappa shape index (κ1) is 14.4. The first-order chi connectivity index (χ1) is 11.2. The fourth-order valence-electron chi connectivity index (χ4n) is 3.86. The Labute approximate surface area is 135 Å². The first-order valence-corrected chi connectivity index (χ1v) is 8.04. The molecule has 1 fully saturated rings. The smallest absolute Gasteiger partial charge is 0.251 e. The van der Waals surface area contributed by atoms with Crippen molar-refractivity contribution < 1.29 is 9.18 Å². The zero-order chi connectivity index (χ0) is 15.8. The van der Waals surface area contributed by atoms with Crippen LogP contribution in [0.15, 0.2) is 48.5 Å². The van der Waals surface area contributed by atoms with Crippen LogP contribution in [0.1, 0.15) is 27.4 Å². The van der Waals surface area contributed by atoms with Crippen LogP contribution in [0.4, 0.5) is 4.39 Å². The first-order valence-electron chi connectivity index (χ1n) is 8.04. The molecule has 1 unspecified atom stereocenters. The molecule has 2 aliphatic rings. The number of halogens is 1. The average molecular weight is 310 g/mol. The fraction of sp³-hybridized carbons (Fsp3) is 0.316. The molecule has 1 N–H and O–H groups in total. The van der Waals surface area contributed by atoms with Gasteiger partial charge in [-0.3, -0.25) is 9.69 Å². The average Bonchev–Trinajstić information content (AvgIpc) is 2.91. The van der Waals surface area contributed by atoms with Gasteiger partial charge in [-0.1, -0.05) is 36.4 Å². The van der Waals surface area contributed by atoms with Crippen molar-refractivity contribution in [2.75, 3.05) is 19.6 Å². The Morgan fingerprint density at radius 2 is 1.96 bits per heavy atom. The number of benzene rings is 2. The summed E-state index contributed by atoms with van der Waals surface area (Å²) in [6.45, 7) is 3.44. The Morgan fingerprint density at radius 3 is 2.78 bits per heavy atom. The Kier molecular flexibility index (Phi) is 3.62. The van der Waals surface area contributed by atoms with Gasteiger partial charge in [-0.25, -0.2) is 4.39 Å². The van der Waals surface area contributed by atoms with E-state index in [-0.39, 0.29) is 17.6 Å². The lowest BCUT2D eigenvalue weighted by Crippen LogP contribution is -2.29. The highest BCUT2D eigenvalue weighted by Gasteiger charge is 2.38. The van der Waals surface area contributed by atoms with Crippen LogP contribution in [0, 0.1) is 11.7 Å². The monoisotopic (exact) mass is 310 g/mol. The summed E-state index contributed by atoms with van der Waals surface area (Å²) in [7, 11) is 0. The van der Waals surface area contributed by atoms with E-state index >= 15 is 0 Å². The van der Waals surface area contributed by atoms with Crippen molar-refractivity contribution in [1.82, 2.24) is 10.2 Å². The molecule has 0 spiro atoms. The quantitative estimate of drug-likeness (QED) is 0.925. The normalized spacial score (nSPS) is 23.8. The summed E-state index contributed by atoms with van der Waals surface area (Å²) < 4.78 is 13.5. The molecule has 2 aliphatic heterocycles. The van der Waals surface area contributed by atoms with Gasteiger partial charge in [-0.2, -0.15) is 0 Å². The predicted molar refractivity (Wildman–Crippen MR) is 86.7 cm³/mol. The van der Waals surface area contributed by atoms with Crippen molar-refractivity contribution in [2.45, 2.75) is 12.5 Å². The van der Waals surface area contributed by atoms with Gasteiger partial charge in [0.25, 0.3) is 5.91 Å². The van der Waals surface area contributed by atoms with Crippen LogP contribution in [0.3, 0.4) is 0 Å². The third kappa shape index (κ3) is 2.75. The maximum atomic E-state index is 13.5. The third-order valence-electron chi connectivity index (χ3n) is 4.95. The van der Waals surface area contributed by atoms with E-state index in [0.29, 0.717) is 18.0 Å². The van der Waals surface area contributed by atoms with Gasteiger partial charge in [0.2, 0.25) is 0 Å². The second-order valence-corrected chi connectivity index (χ2v) is 6.49. The van der Waals surface area contributed by atoms with Crippen molar-refractivity contribution in [2.24, 2.45) is 5.92 Å². The Hall–Kier alpha value is -2.20. The van der Waals surface area contributed by atoms with Gasteiger partial charge in [-0.05, 0) is 29.2 Å². The lowest BCUT2D eigenvalue weighted by atomic mass is 9.87. The number of carbonyl (C=O) groups is 1. The van der Waals surface area contributed by atoms with E-state index in [2.05, 4.69) is 34.5 Å². The summed E-state index contributed by atoms with van der Waals surface area (Å²) >= 11 is 0. The van der Waals surface area contributed by atoms with Crippen LogP contribution in [0.5, 0.6) is 0 Å². The lowest BCUT2D eigenvalue weighted by Gasteiger charge is -2.17. The van der Waals surface area contributed by atoms with Crippen molar-refractivity contribution in [3.8, 4) is 0 Å². The van der Waals surface area contributed by atoms with E-state index in [1.54, 1.807) is 6.07 Å². The maximum Gasteiger partial charge on any atom is 0.251 e. The van der Waals surface area contributed by atoms with Gasteiger partial charge in [-0.15, -0.1) is 0 Å². The molecule has 2 atom stereocenters. The van der Waals surface area contributed by atoms with Crippen molar-refractivity contribution in [3.05, 3.63) is 71.0 Å². The van der Waals surface area contributed by atoms with E-state index < -0.39 is 0 Å². The van der Waals surface area contributed by atoms with E-state index in [1.165, 1.54) is 17.7 Å². The fourth-order valence-corrected chi connectivity index (χ4v) is 3.86. The lowest BCUT2D eigenvalue weighted by molar-refractivity contribution is 0.0950. The molecule has 2 heterocycles. The Balaban J connectivity index is 1.60. The molecule has 3 nitrogen and oxygen atoms in total. The molecule has 4 heteroatoms. The second-order valence-electron chi connectivity index (χ2n) is 6.49. The maximum absolute atomic E-state index is 13.5. The number of nitrogens with zero attached hydrogens (tertiary/aromatic N) is 1. The summed E-state index contributed by atoms with van der Waals surface area (Å²) in [6.07, 6.45) is 0. The number of rotatable bonds is 2. The van der Waals surface area contributed by atoms with Crippen molar-refractivity contribution >= 4 is 5.91 Å². The molecule has 0 saturated carbocycles. The highest BCUT2D eigenvalue weighted by atomic mass is 19.1. The number of hydrogen-bond donors (Lipinski definition) is 1. The summed E-state index contributed by atoms with van der Waals surface area (Å²) in [6, 6.07) is 15.0. The molecule has 0 aliphatic carbocycles. The predicted octanol–water partition coefficient (Wildman–Crippen LogP) is 2.78. The Bertz CT molecular complexity index is 731. The molecule has 23 heavy (non-hydrogen) atoms. The molecule has 4 rings (SSSR count). The molecule has 118 valence electrons. The zero-order valence-electron chi connectivity index (χ0n) is 12.8. The van der Waals surface area contributed by atoms with Crippen LogP contribution in [-0.2, 0) is 6.54 Å². The number of hydrogen-bond acceptors (Lipinski definition) is 2. The standard InChI is InChI=1S/C19H19FN2O/c20-15-6-7-16-17(8-15)19(23)21-9-14-11-22(12-18(14)16)10-13-4-2-1-3-5-13/h1-8,14,18H,9-12H2,(H,21,23)/t14-,18?/m0/s1. The van der Waals surface area contributed by atoms with Gasteiger partial charge in [0.15, 0.2) is 0 Å². The molecule has 1 amide bonds. The number of likely N-dealkylation sites (tertiary alicyclic amines) is 1. The van der Waals surface area contributed by atoms with Gasteiger partial charge in [0, 0.05) is 37.7 Å². The minimum Gasteiger partial charge on any atom is -0.352 e. The molecular formula is C19H19FN2O. The minimum atomic E-state index is -0.350. The number of nitrogens with one attached hydrogen (secondary N) is 1. The summed E-state index contributed by atoms with van der Waals surface area (Å²) in [5, 5.41) is 2.95. The zero-order valence-corrected chi connectivity index (χ0v) is 12.8. The van der Waals surface area contributed by atoms with Crippen molar-refractivity contribution in [1.29, 1.82) is 0 Å². The summed E-state index contributed by atoms with van der Waals surface area (Å²) in [5.41, 5.74) is 2.79. The van der Waals surface area contributed by atoms with Gasteiger partial charge in [0.1, 0.15) is 5.82 Å². The molecule has 0 aromatic heterocycles. The third-order valence-corrected chi connectivity index (χ3v) is 4.95. The van der Waals surface area contributed by atoms with E-state index in [9.17, 15) is 9.18 Å². The summed E-state index contributed by atoms with van der Waals surface area (Å²) in [4.78, 5) is 14.6. The van der Waals surface area contributed by atoms with Crippen molar-refractivity contribution in [3.63, 3.8) is 0 Å². The van der Waals surface area contributed by atoms with E-state index in [4.69, 9.17) is 0 Å². The molecule has 2 aromatic rings. The molecule has 0 bridgehead atoms. The Morgan fingerprint density at radius 1 is 1.13 bits per heavy atom. The van der Waals surface area contributed by atoms with E-state index in [1.807, 2.05) is 6.07 Å². The van der Waals surface area contributed by atoms with Gasteiger partial charge < -0.3 is 5.32 Å². The van der Waals surface area contributed by atoms with E-state index in [0.717, 1.165) is 25.2 Å². The van der Waals surface area contributed by atoms with Crippen LogP contribution >= 0.6 is 0 Å². The largest absolute Gasteiger partial charge is 0.352 e. The van der Waals surface area contributed by atoms with Crippen LogP contribution in [0.2, 0.25) is 0 Å². The topological polar surface area (TPSA) is 32.3 Å². The number of amides is 1. The van der Waals surface area contributed by atoms with Gasteiger partial charge in [0.05, 0.1) is 0 Å². The highest BCUT2D eigenvalue weighted by molar-refractivity contribution is 5.96. The van der Waals surface area contributed by atoms with Crippen LogP contribution < -0.4 is 5.32 Å². The molecule has 0 radical (unpaired) electrons. The molecule has 1 saturated heterocycles.